The van der Waals surface area contributed by atoms with Gasteiger partial charge in [0.15, 0.2) is 5.65 Å². The van der Waals surface area contributed by atoms with E-state index in [2.05, 4.69) is 15.3 Å². The minimum Gasteiger partial charge on any atom is -0.492 e. The second-order valence-electron chi connectivity index (χ2n) is 8.34. The van der Waals surface area contributed by atoms with Crippen LogP contribution in [0.1, 0.15) is 42.9 Å². The van der Waals surface area contributed by atoms with Crippen molar-refractivity contribution in [2.75, 3.05) is 18.9 Å². The standard InChI is InChI=1S/C22H29ClN6O2/c1-13-10-14(2)19(11-17(13)24)31-9-8-25-15-4-6-16(7-5-15)29-20-18(28(3)22(29)30)12-26-21(23)27-20/h10-12,15-16,25H,4-9,24H2,1-3H3. The van der Waals surface area contributed by atoms with Crippen LogP contribution in [0.15, 0.2) is 23.1 Å². The first-order valence-corrected chi connectivity index (χ1v) is 11.1. The lowest BCUT2D eigenvalue weighted by molar-refractivity contribution is 0.262. The third kappa shape index (κ3) is 4.41. The van der Waals surface area contributed by atoms with E-state index in [0.717, 1.165) is 54.8 Å². The normalized spacial score (nSPS) is 19.1. The summed E-state index contributed by atoms with van der Waals surface area (Å²) in [5.41, 5.74) is 10.2. The number of benzene rings is 1. The molecular formula is C22H29ClN6O2. The number of nitrogen functional groups attached to an aromatic ring is 1. The molecule has 1 aliphatic rings. The molecule has 31 heavy (non-hydrogen) atoms. The number of fused-ring (bicyclic) bond motifs is 1. The summed E-state index contributed by atoms with van der Waals surface area (Å²) in [6.07, 6.45) is 5.41. The molecule has 0 unspecified atom stereocenters. The second-order valence-corrected chi connectivity index (χ2v) is 8.68. The zero-order chi connectivity index (χ0) is 22.1. The fourth-order valence-electron chi connectivity index (χ4n) is 4.41. The minimum absolute atomic E-state index is 0.0656. The third-order valence-corrected chi connectivity index (χ3v) is 6.40. The van der Waals surface area contributed by atoms with Gasteiger partial charge in [-0.05, 0) is 62.3 Å². The number of aryl methyl sites for hydroxylation is 3. The first kappa shape index (κ1) is 21.6. The molecule has 1 aliphatic carbocycles. The van der Waals surface area contributed by atoms with Crippen LogP contribution in [0.3, 0.4) is 0 Å². The van der Waals surface area contributed by atoms with Gasteiger partial charge in [0.05, 0.1) is 6.20 Å². The maximum Gasteiger partial charge on any atom is 0.330 e. The highest BCUT2D eigenvalue weighted by Crippen LogP contribution is 2.30. The predicted octanol–water partition coefficient (Wildman–Crippen LogP) is 3.13. The van der Waals surface area contributed by atoms with E-state index in [9.17, 15) is 4.79 Å². The number of nitrogens with zero attached hydrogens (tertiary/aromatic N) is 4. The molecule has 0 bridgehead atoms. The number of rotatable bonds is 6. The number of nitrogens with one attached hydrogen (secondary N) is 1. The predicted molar refractivity (Wildman–Crippen MR) is 123 cm³/mol. The molecule has 8 nitrogen and oxygen atoms in total. The van der Waals surface area contributed by atoms with Crippen LogP contribution >= 0.6 is 11.6 Å². The van der Waals surface area contributed by atoms with E-state index >= 15 is 0 Å². The topological polar surface area (TPSA) is 100.0 Å². The van der Waals surface area contributed by atoms with Crippen molar-refractivity contribution in [3.8, 4) is 5.75 Å². The Kier molecular flexibility index (Phi) is 6.20. The van der Waals surface area contributed by atoms with Gasteiger partial charge < -0.3 is 15.8 Å². The molecule has 3 aromatic rings. The quantitative estimate of drug-likeness (QED) is 0.344. The molecule has 0 atom stereocenters. The maximum absolute atomic E-state index is 12.8. The molecule has 0 saturated heterocycles. The molecule has 0 spiro atoms. The molecule has 2 aromatic heterocycles. The fraction of sp³-hybridized carbons (Fsp3) is 0.500. The van der Waals surface area contributed by atoms with Gasteiger partial charge in [0, 0.05) is 37.4 Å². The van der Waals surface area contributed by atoms with Crippen molar-refractivity contribution >= 4 is 28.5 Å². The second kappa shape index (κ2) is 8.88. The first-order valence-electron chi connectivity index (χ1n) is 10.7. The van der Waals surface area contributed by atoms with E-state index in [-0.39, 0.29) is 17.0 Å². The van der Waals surface area contributed by atoms with Gasteiger partial charge in [0.2, 0.25) is 5.28 Å². The van der Waals surface area contributed by atoms with Crippen molar-refractivity contribution in [2.24, 2.45) is 7.05 Å². The van der Waals surface area contributed by atoms with Gasteiger partial charge >= 0.3 is 5.69 Å². The fourth-order valence-corrected chi connectivity index (χ4v) is 4.54. The van der Waals surface area contributed by atoms with E-state index < -0.39 is 0 Å². The Bertz CT molecular complexity index is 1150. The lowest BCUT2D eigenvalue weighted by atomic mass is 9.91. The van der Waals surface area contributed by atoms with Crippen molar-refractivity contribution in [1.29, 1.82) is 0 Å². The Morgan fingerprint density at radius 2 is 1.97 bits per heavy atom. The number of nitrogens with two attached hydrogens (primary N) is 1. The molecule has 166 valence electrons. The molecule has 0 aliphatic heterocycles. The molecule has 0 amide bonds. The van der Waals surface area contributed by atoms with Gasteiger partial charge in [0.1, 0.15) is 17.9 Å². The van der Waals surface area contributed by atoms with Crippen LogP contribution in [0.4, 0.5) is 5.69 Å². The number of hydrogen-bond acceptors (Lipinski definition) is 6. The van der Waals surface area contributed by atoms with Crippen molar-refractivity contribution in [1.82, 2.24) is 24.4 Å². The Hall–Kier alpha value is -2.58. The minimum atomic E-state index is -0.0656. The van der Waals surface area contributed by atoms with Gasteiger partial charge in [-0.3, -0.25) is 9.13 Å². The smallest absolute Gasteiger partial charge is 0.330 e. The summed E-state index contributed by atoms with van der Waals surface area (Å²) in [6, 6.07) is 4.47. The van der Waals surface area contributed by atoms with Gasteiger partial charge in [-0.25, -0.2) is 9.78 Å². The number of halogens is 1. The molecule has 0 radical (unpaired) electrons. The molecule has 3 N–H and O–H groups in total. The largest absolute Gasteiger partial charge is 0.492 e. The van der Waals surface area contributed by atoms with E-state index in [1.54, 1.807) is 22.4 Å². The average Bonchev–Trinajstić information content (AvgIpc) is 2.99. The monoisotopic (exact) mass is 444 g/mol. The number of anilines is 1. The van der Waals surface area contributed by atoms with Crippen molar-refractivity contribution in [2.45, 2.75) is 51.6 Å². The Balaban J connectivity index is 1.31. The van der Waals surface area contributed by atoms with Crippen LogP contribution in [0.5, 0.6) is 5.75 Å². The lowest BCUT2D eigenvalue weighted by Gasteiger charge is -2.29. The first-order chi connectivity index (χ1) is 14.8. The summed E-state index contributed by atoms with van der Waals surface area (Å²) in [6.45, 7) is 5.38. The molecule has 2 heterocycles. The van der Waals surface area contributed by atoms with Crippen molar-refractivity contribution in [3.63, 3.8) is 0 Å². The lowest BCUT2D eigenvalue weighted by Crippen LogP contribution is -2.37. The van der Waals surface area contributed by atoms with Gasteiger partial charge in [-0.15, -0.1) is 0 Å². The molecule has 1 saturated carbocycles. The number of ether oxygens (including phenoxy) is 1. The van der Waals surface area contributed by atoms with Gasteiger partial charge in [0.25, 0.3) is 0 Å². The third-order valence-electron chi connectivity index (χ3n) is 6.22. The summed E-state index contributed by atoms with van der Waals surface area (Å²) in [5.74, 6) is 0.838. The van der Waals surface area contributed by atoms with Crippen molar-refractivity contribution in [3.05, 3.63) is 45.2 Å². The van der Waals surface area contributed by atoms with Crippen LogP contribution in [-0.2, 0) is 7.05 Å². The van der Waals surface area contributed by atoms with Crippen LogP contribution in [0, 0.1) is 13.8 Å². The number of hydrogen-bond donors (Lipinski definition) is 2. The highest BCUT2D eigenvalue weighted by molar-refractivity contribution is 6.28. The summed E-state index contributed by atoms with van der Waals surface area (Å²) >= 11 is 5.98. The number of imidazole rings is 1. The SMILES string of the molecule is Cc1cc(C)c(OCCNC2CCC(n3c(=O)n(C)c4cnc(Cl)nc43)CC2)cc1N. The molecule has 1 aromatic carbocycles. The molecule has 1 fully saturated rings. The summed E-state index contributed by atoms with van der Waals surface area (Å²) in [4.78, 5) is 21.1. The van der Waals surface area contributed by atoms with Crippen molar-refractivity contribution < 1.29 is 4.74 Å². The molecular weight excluding hydrogens is 416 g/mol. The highest BCUT2D eigenvalue weighted by Gasteiger charge is 2.26. The van der Waals surface area contributed by atoms with Crippen LogP contribution in [0.2, 0.25) is 5.28 Å². The van der Waals surface area contributed by atoms with E-state index in [0.29, 0.717) is 23.8 Å². The average molecular weight is 445 g/mol. The highest BCUT2D eigenvalue weighted by atomic mass is 35.5. The maximum atomic E-state index is 12.8. The molecule has 9 heteroatoms. The van der Waals surface area contributed by atoms with E-state index in [1.165, 1.54) is 0 Å². The molecule has 4 rings (SSSR count). The zero-order valence-corrected chi connectivity index (χ0v) is 18.9. The Morgan fingerprint density at radius 1 is 1.23 bits per heavy atom. The summed E-state index contributed by atoms with van der Waals surface area (Å²) < 4.78 is 9.29. The van der Waals surface area contributed by atoms with Crippen LogP contribution < -0.4 is 21.5 Å². The Labute approximate surface area is 186 Å². The summed E-state index contributed by atoms with van der Waals surface area (Å²) in [5, 5.41) is 3.74. The number of aromatic nitrogens is 4. The van der Waals surface area contributed by atoms with Crippen LogP contribution in [0.25, 0.3) is 11.2 Å². The van der Waals surface area contributed by atoms with Gasteiger partial charge in [-0.1, -0.05) is 6.07 Å². The zero-order valence-electron chi connectivity index (χ0n) is 18.2. The van der Waals surface area contributed by atoms with E-state index in [4.69, 9.17) is 22.1 Å². The van der Waals surface area contributed by atoms with Crippen LogP contribution in [-0.4, -0.2) is 38.3 Å². The Morgan fingerprint density at radius 3 is 2.71 bits per heavy atom. The van der Waals surface area contributed by atoms with E-state index in [1.807, 2.05) is 26.0 Å². The van der Waals surface area contributed by atoms with Gasteiger partial charge in [-0.2, -0.15) is 4.98 Å². The summed E-state index contributed by atoms with van der Waals surface area (Å²) in [7, 11) is 1.75.